The normalized spacial score (nSPS) is 16.3. The van der Waals surface area contributed by atoms with Crippen molar-refractivity contribution in [3.8, 4) is 0 Å². The van der Waals surface area contributed by atoms with Crippen LogP contribution in [0.2, 0.25) is 0 Å². The summed E-state index contributed by atoms with van der Waals surface area (Å²) in [6.07, 6.45) is -0.697. The van der Waals surface area contributed by atoms with Crippen LogP contribution in [0.15, 0.2) is 83.9 Å². The summed E-state index contributed by atoms with van der Waals surface area (Å²) < 4.78 is 65.1. The highest BCUT2D eigenvalue weighted by atomic mass is 32.2. The van der Waals surface area contributed by atoms with Gasteiger partial charge in [-0.25, -0.2) is 18.2 Å². The summed E-state index contributed by atoms with van der Waals surface area (Å²) in [5, 5.41) is 8.02. The predicted octanol–water partition coefficient (Wildman–Crippen LogP) is 6.08. The van der Waals surface area contributed by atoms with Crippen LogP contribution in [0.1, 0.15) is 47.4 Å². The van der Waals surface area contributed by atoms with E-state index in [4.69, 9.17) is 0 Å². The number of urea groups is 1. The second-order valence-electron chi connectivity index (χ2n) is 12.4. The van der Waals surface area contributed by atoms with E-state index in [1.165, 1.54) is 23.8 Å². The SMILES string of the molecule is CS(=O)(=O)c1cccc(CNc2nc(Nc3ccc(C4CCN(Cc5ccc(N6CCC(=O)NC6=O)cc5)CC4)cc3)ncc2C(F)(F)F)c1. The molecule has 0 saturated carbocycles. The molecule has 0 atom stereocenters. The number of alkyl halides is 3. The Labute approximate surface area is 287 Å². The van der Waals surface area contributed by atoms with E-state index >= 15 is 0 Å². The number of imide groups is 1. The van der Waals surface area contributed by atoms with Gasteiger partial charge in [-0.3, -0.25) is 19.9 Å². The second kappa shape index (κ2) is 14.5. The topological polar surface area (TPSA) is 137 Å². The summed E-state index contributed by atoms with van der Waals surface area (Å²) in [4.78, 5) is 35.6. The molecule has 3 amide bonds. The molecule has 3 N–H and O–H groups in total. The van der Waals surface area contributed by atoms with Gasteiger partial charge in [-0.05, 0) is 84.9 Å². The fourth-order valence-electron chi connectivity index (χ4n) is 6.10. The Bertz CT molecular complexity index is 1970. The van der Waals surface area contributed by atoms with E-state index in [1.807, 2.05) is 48.5 Å². The predicted molar refractivity (Wildman–Crippen MR) is 183 cm³/mol. The first-order valence-corrected chi connectivity index (χ1v) is 18.0. The van der Waals surface area contributed by atoms with Gasteiger partial charge in [0.05, 0.1) is 4.90 Å². The molecule has 2 aliphatic heterocycles. The Kier molecular flexibility index (Phi) is 10.1. The van der Waals surface area contributed by atoms with Crippen LogP contribution in [0.5, 0.6) is 0 Å². The minimum atomic E-state index is -4.70. The van der Waals surface area contributed by atoms with Crippen molar-refractivity contribution in [3.63, 3.8) is 0 Å². The summed E-state index contributed by atoms with van der Waals surface area (Å²) in [6.45, 7) is 2.90. The van der Waals surface area contributed by atoms with Crippen molar-refractivity contribution in [2.24, 2.45) is 0 Å². The average Bonchev–Trinajstić information content (AvgIpc) is 3.08. The number of anilines is 4. The zero-order valence-corrected chi connectivity index (χ0v) is 28.0. The molecule has 4 aromatic rings. The highest BCUT2D eigenvalue weighted by Crippen LogP contribution is 2.35. The van der Waals surface area contributed by atoms with Crippen LogP contribution in [0.3, 0.4) is 0 Å². The maximum atomic E-state index is 13.8. The number of likely N-dealkylation sites (tertiary alicyclic amines) is 1. The molecular formula is C35H36F3N7O4S. The van der Waals surface area contributed by atoms with Gasteiger partial charge in [0.2, 0.25) is 11.9 Å². The van der Waals surface area contributed by atoms with Gasteiger partial charge in [-0.1, -0.05) is 36.4 Å². The largest absolute Gasteiger partial charge is 0.421 e. The number of halogens is 3. The molecule has 2 saturated heterocycles. The van der Waals surface area contributed by atoms with E-state index in [0.29, 0.717) is 23.7 Å². The van der Waals surface area contributed by atoms with Crippen molar-refractivity contribution in [1.29, 1.82) is 0 Å². The lowest BCUT2D eigenvalue weighted by atomic mass is 9.89. The van der Waals surface area contributed by atoms with Crippen molar-refractivity contribution in [3.05, 3.63) is 101 Å². The zero-order chi connectivity index (χ0) is 35.5. The Hall–Kier alpha value is -5.02. The van der Waals surface area contributed by atoms with Crippen LogP contribution < -0.4 is 20.9 Å². The van der Waals surface area contributed by atoms with Gasteiger partial charge in [-0.2, -0.15) is 18.2 Å². The molecular weight excluding hydrogens is 671 g/mol. The number of piperidine rings is 1. The van der Waals surface area contributed by atoms with Crippen molar-refractivity contribution >= 4 is 44.9 Å². The number of hydrogen-bond acceptors (Lipinski definition) is 9. The highest BCUT2D eigenvalue weighted by Gasteiger charge is 2.35. The Morgan fingerprint density at radius 1 is 0.940 bits per heavy atom. The van der Waals surface area contributed by atoms with Crippen molar-refractivity contribution < 1.29 is 31.2 Å². The molecule has 2 fully saturated rings. The fraction of sp³-hybridized carbons (Fsp3) is 0.314. The standard InChI is InChI=1S/C35H36F3N7O4S/c1-50(48,49)29-4-2-3-24(19-29)20-39-32-30(35(36,37)38)21-40-33(43-32)41-27-9-7-25(8-10-27)26-13-16-44(17-14-26)22-23-5-11-28(12-6-23)45-18-15-31(46)42-34(45)47/h2-12,19,21,26H,13-18,20,22H2,1H3,(H,42,46,47)(H2,39,40,41,43). The van der Waals surface area contributed by atoms with Gasteiger partial charge < -0.3 is 10.6 Å². The molecule has 2 aliphatic rings. The first-order chi connectivity index (χ1) is 23.8. The van der Waals surface area contributed by atoms with Crippen LogP contribution in [0.25, 0.3) is 0 Å². The number of amides is 3. The molecule has 0 aliphatic carbocycles. The van der Waals surface area contributed by atoms with Gasteiger partial charge in [0.25, 0.3) is 0 Å². The Balaban J connectivity index is 1.03. The number of carbonyl (C=O) groups excluding carboxylic acids is 2. The van der Waals surface area contributed by atoms with E-state index in [1.54, 1.807) is 11.0 Å². The maximum absolute atomic E-state index is 13.8. The van der Waals surface area contributed by atoms with E-state index < -0.39 is 33.4 Å². The molecule has 1 aromatic heterocycles. The monoisotopic (exact) mass is 707 g/mol. The molecule has 262 valence electrons. The average molecular weight is 708 g/mol. The van der Waals surface area contributed by atoms with Gasteiger partial charge in [-0.15, -0.1) is 0 Å². The minimum Gasteiger partial charge on any atom is -0.365 e. The molecule has 3 aromatic carbocycles. The highest BCUT2D eigenvalue weighted by molar-refractivity contribution is 7.90. The number of benzene rings is 3. The number of hydrogen-bond donors (Lipinski definition) is 3. The van der Waals surface area contributed by atoms with Crippen LogP contribution >= 0.6 is 0 Å². The Morgan fingerprint density at radius 2 is 1.66 bits per heavy atom. The third kappa shape index (κ3) is 8.58. The molecule has 0 radical (unpaired) electrons. The summed E-state index contributed by atoms with van der Waals surface area (Å²) in [7, 11) is -3.48. The van der Waals surface area contributed by atoms with Gasteiger partial charge in [0.1, 0.15) is 11.4 Å². The first kappa shape index (κ1) is 34.8. The lowest BCUT2D eigenvalue weighted by Gasteiger charge is -2.32. The van der Waals surface area contributed by atoms with E-state index in [-0.39, 0.29) is 29.7 Å². The molecule has 6 rings (SSSR count). The van der Waals surface area contributed by atoms with Crippen molar-refractivity contribution in [2.75, 3.05) is 41.4 Å². The van der Waals surface area contributed by atoms with Crippen LogP contribution in [0, 0.1) is 0 Å². The van der Waals surface area contributed by atoms with Crippen LogP contribution in [0.4, 0.5) is 41.1 Å². The number of aromatic nitrogens is 2. The summed E-state index contributed by atoms with van der Waals surface area (Å²) in [5.41, 5.74) is 3.13. The van der Waals surface area contributed by atoms with Crippen molar-refractivity contribution in [1.82, 2.24) is 20.2 Å². The number of nitrogens with zero attached hydrogens (tertiary/aromatic N) is 4. The van der Waals surface area contributed by atoms with E-state index in [9.17, 15) is 31.2 Å². The number of carbonyl (C=O) groups is 2. The lowest BCUT2D eigenvalue weighted by molar-refractivity contribution is -0.137. The Morgan fingerprint density at radius 3 is 2.32 bits per heavy atom. The van der Waals surface area contributed by atoms with Crippen molar-refractivity contribution in [2.45, 2.75) is 49.3 Å². The molecule has 15 heteroatoms. The zero-order valence-electron chi connectivity index (χ0n) is 27.2. The first-order valence-electron chi connectivity index (χ1n) is 16.1. The van der Waals surface area contributed by atoms with E-state index in [2.05, 4.69) is 30.8 Å². The van der Waals surface area contributed by atoms with Gasteiger partial charge >= 0.3 is 12.2 Å². The molecule has 11 nitrogen and oxygen atoms in total. The van der Waals surface area contributed by atoms with Gasteiger partial charge in [0, 0.05) is 49.9 Å². The van der Waals surface area contributed by atoms with E-state index in [0.717, 1.165) is 56.2 Å². The third-order valence-electron chi connectivity index (χ3n) is 8.81. The second-order valence-corrected chi connectivity index (χ2v) is 14.5. The number of rotatable bonds is 10. The number of sulfone groups is 1. The summed E-state index contributed by atoms with van der Waals surface area (Å²) in [5.74, 6) is -0.341. The molecule has 0 spiro atoms. The fourth-order valence-corrected chi connectivity index (χ4v) is 6.79. The quantitative estimate of drug-likeness (QED) is 0.179. The molecule has 50 heavy (non-hydrogen) atoms. The van der Waals surface area contributed by atoms with Gasteiger partial charge in [0.15, 0.2) is 9.84 Å². The van der Waals surface area contributed by atoms with Crippen LogP contribution in [-0.2, 0) is 33.9 Å². The molecule has 0 bridgehead atoms. The maximum Gasteiger partial charge on any atom is 0.421 e. The number of nitrogens with one attached hydrogen (secondary N) is 3. The smallest absolute Gasteiger partial charge is 0.365 e. The third-order valence-corrected chi connectivity index (χ3v) is 9.92. The van der Waals surface area contributed by atoms with Crippen LogP contribution in [-0.4, -0.2) is 61.1 Å². The summed E-state index contributed by atoms with van der Waals surface area (Å²) in [6, 6.07) is 21.1. The lowest BCUT2D eigenvalue weighted by Crippen LogP contribution is -2.49. The molecule has 3 heterocycles. The minimum absolute atomic E-state index is 0.0197. The summed E-state index contributed by atoms with van der Waals surface area (Å²) >= 11 is 0. The molecule has 0 unspecified atom stereocenters.